The number of aryl methyl sites for hydroxylation is 1. The summed E-state index contributed by atoms with van der Waals surface area (Å²) in [6, 6.07) is 18.3. The van der Waals surface area contributed by atoms with Gasteiger partial charge in [-0.3, -0.25) is 4.79 Å². The second-order valence-corrected chi connectivity index (χ2v) is 9.30. The third-order valence-corrected chi connectivity index (χ3v) is 6.72. The van der Waals surface area contributed by atoms with E-state index in [1.807, 2.05) is 26.1 Å². The quantitative estimate of drug-likeness (QED) is 0.283. The maximum Gasteiger partial charge on any atom is 0.255 e. The molecule has 188 valence electrons. The van der Waals surface area contributed by atoms with E-state index in [2.05, 4.69) is 56.3 Å². The van der Waals surface area contributed by atoms with Gasteiger partial charge in [0.2, 0.25) is 0 Å². The number of amides is 1. The molecule has 6 nitrogen and oxygen atoms in total. The van der Waals surface area contributed by atoms with E-state index in [0.29, 0.717) is 17.9 Å². The molecule has 1 aliphatic rings. The van der Waals surface area contributed by atoms with Crippen molar-refractivity contribution in [2.45, 2.75) is 39.3 Å². The number of aromatic nitrogens is 2. The first-order valence-corrected chi connectivity index (χ1v) is 12.6. The summed E-state index contributed by atoms with van der Waals surface area (Å²) in [4.78, 5) is 22.3. The minimum absolute atomic E-state index is 0.226. The highest BCUT2D eigenvalue weighted by Crippen LogP contribution is 2.27. The van der Waals surface area contributed by atoms with Crippen LogP contribution in [0.3, 0.4) is 0 Å². The van der Waals surface area contributed by atoms with Crippen LogP contribution in [-0.2, 0) is 19.4 Å². The fourth-order valence-electron chi connectivity index (χ4n) is 4.46. The molecule has 0 aliphatic carbocycles. The van der Waals surface area contributed by atoms with Gasteiger partial charge in [-0.1, -0.05) is 43.3 Å². The molecule has 3 N–H and O–H groups in total. The van der Waals surface area contributed by atoms with E-state index in [1.165, 1.54) is 17.7 Å². The number of nitrogens with one attached hydrogen (secondary N) is 3. The van der Waals surface area contributed by atoms with E-state index < -0.39 is 0 Å². The van der Waals surface area contributed by atoms with Crippen molar-refractivity contribution >= 4 is 17.5 Å². The summed E-state index contributed by atoms with van der Waals surface area (Å²) >= 11 is 0. The van der Waals surface area contributed by atoms with Crippen molar-refractivity contribution in [3.05, 3.63) is 107 Å². The fourth-order valence-corrected chi connectivity index (χ4v) is 4.46. The molecule has 5 rings (SSSR count). The lowest BCUT2D eigenvalue weighted by Crippen LogP contribution is -2.28. The Morgan fingerprint density at radius 3 is 2.54 bits per heavy atom. The largest absolute Gasteiger partial charge is 0.370 e. The zero-order chi connectivity index (χ0) is 25.8. The molecule has 3 heterocycles. The molecule has 0 spiro atoms. The number of fused-ring (bicyclic) bond motifs is 1. The first-order chi connectivity index (χ1) is 18.0. The van der Waals surface area contributed by atoms with Gasteiger partial charge in [0.25, 0.3) is 5.91 Å². The second-order valence-electron chi connectivity index (χ2n) is 9.30. The Bertz CT molecular complexity index is 1400. The van der Waals surface area contributed by atoms with Crippen LogP contribution in [0.15, 0.2) is 73.1 Å². The van der Waals surface area contributed by atoms with Gasteiger partial charge in [-0.05, 0) is 71.8 Å². The lowest BCUT2D eigenvalue weighted by Gasteiger charge is -2.17. The van der Waals surface area contributed by atoms with Crippen molar-refractivity contribution in [2.24, 2.45) is 0 Å². The van der Waals surface area contributed by atoms with Crippen LogP contribution < -0.4 is 16.0 Å². The van der Waals surface area contributed by atoms with E-state index in [4.69, 9.17) is 0 Å². The summed E-state index contributed by atoms with van der Waals surface area (Å²) in [5.74, 6) is 0.984. The van der Waals surface area contributed by atoms with Gasteiger partial charge in [0.15, 0.2) is 0 Å². The Labute approximate surface area is 216 Å². The summed E-state index contributed by atoms with van der Waals surface area (Å²) in [5.41, 5.74) is 6.85. The molecule has 0 saturated heterocycles. The average Bonchev–Trinajstić information content (AvgIpc) is 3.40. The third kappa shape index (κ3) is 5.61. The van der Waals surface area contributed by atoms with E-state index in [1.54, 1.807) is 18.3 Å². The lowest BCUT2D eigenvalue weighted by atomic mass is 10.0. The number of anilines is 2. The number of carbonyl (C=O) groups is 1. The standard InChI is InChI=1S/C30H30FN5O/c1-3-20-14-27(30(37)36-19(2)22-8-10-26(31)11-9-22)29(33-16-20)34-17-21-4-6-23(7-5-21)25-15-24-12-13-32-28(24)35-18-25/h4-11,14-16,18-19H,3,12-13,17H2,1-2H3,(H,32,35)(H,33,34)(H,36,37)/t19-/m0/s1. The normalized spacial score (nSPS) is 12.9. The summed E-state index contributed by atoms with van der Waals surface area (Å²) < 4.78 is 13.3. The molecular formula is C30H30FN5O. The summed E-state index contributed by atoms with van der Waals surface area (Å²) in [6.45, 7) is 5.37. The van der Waals surface area contributed by atoms with Crippen LogP contribution >= 0.6 is 0 Å². The van der Waals surface area contributed by atoms with Gasteiger partial charge in [0.1, 0.15) is 17.5 Å². The highest BCUT2D eigenvalue weighted by atomic mass is 19.1. The molecule has 0 fully saturated rings. The number of halogens is 1. The van der Waals surface area contributed by atoms with Crippen molar-refractivity contribution < 1.29 is 9.18 Å². The van der Waals surface area contributed by atoms with Crippen LogP contribution in [0.25, 0.3) is 11.1 Å². The predicted octanol–water partition coefficient (Wildman–Crippen LogP) is 5.92. The molecule has 37 heavy (non-hydrogen) atoms. The minimum Gasteiger partial charge on any atom is -0.370 e. The van der Waals surface area contributed by atoms with E-state index in [-0.39, 0.29) is 17.8 Å². The van der Waals surface area contributed by atoms with Crippen LogP contribution in [0.1, 0.15) is 52.5 Å². The molecule has 1 atom stereocenters. The van der Waals surface area contributed by atoms with Crippen molar-refractivity contribution in [2.75, 3.05) is 17.2 Å². The van der Waals surface area contributed by atoms with Crippen LogP contribution in [0.2, 0.25) is 0 Å². The number of rotatable bonds is 8. The summed E-state index contributed by atoms with van der Waals surface area (Å²) in [5, 5.41) is 9.64. The minimum atomic E-state index is -0.303. The smallest absolute Gasteiger partial charge is 0.255 e. The van der Waals surface area contributed by atoms with Gasteiger partial charge < -0.3 is 16.0 Å². The maximum atomic E-state index is 13.3. The first kappa shape index (κ1) is 24.4. The van der Waals surface area contributed by atoms with Crippen molar-refractivity contribution in [1.82, 2.24) is 15.3 Å². The first-order valence-electron chi connectivity index (χ1n) is 12.6. The number of hydrogen-bond donors (Lipinski definition) is 3. The Kier molecular flexibility index (Phi) is 7.12. The Balaban J connectivity index is 1.28. The molecule has 0 unspecified atom stereocenters. The highest BCUT2D eigenvalue weighted by Gasteiger charge is 2.17. The van der Waals surface area contributed by atoms with Crippen LogP contribution in [0, 0.1) is 5.82 Å². The average molecular weight is 496 g/mol. The number of hydrogen-bond acceptors (Lipinski definition) is 5. The van der Waals surface area contributed by atoms with Gasteiger partial charge >= 0.3 is 0 Å². The van der Waals surface area contributed by atoms with Gasteiger partial charge in [-0.25, -0.2) is 14.4 Å². The maximum absolute atomic E-state index is 13.3. The highest BCUT2D eigenvalue weighted by molar-refractivity contribution is 5.99. The van der Waals surface area contributed by atoms with Gasteiger partial charge in [0, 0.05) is 31.0 Å². The molecule has 0 radical (unpaired) electrons. The second kappa shape index (κ2) is 10.8. The molecule has 2 aromatic carbocycles. The summed E-state index contributed by atoms with van der Waals surface area (Å²) in [7, 11) is 0. The van der Waals surface area contributed by atoms with Crippen molar-refractivity contribution in [3.8, 4) is 11.1 Å². The molecule has 2 aromatic heterocycles. The van der Waals surface area contributed by atoms with Gasteiger partial charge in [-0.2, -0.15) is 0 Å². The zero-order valence-electron chi connectivity index (χ0n) is 21.0. The Morgan fingerprint density at radius 2 is 1.78 bits per heavy atom. The number of nitrogens with zero attached hydrogens (tertiary/aromatic N) is 2. The molecule has 1 aliphatic heterocycles. The van der Waals surface area contributed by atoms with Crippen LogP contribution in [0.4, 0.5) is 16.0 Å². The molecule has 1 amide bonds. The lowest BCUT2D eigenvalue weighted by molar-refractivity contribution is 0.0940. The Hall–Kier alpha value is -4.26. The Morgan fingerprint density at radius 1 is 1.00 bits per heavy atom. The van der Waals surface area contributed by atoms with E-state index in [9.17, 15) is 9.18 Å². The molecular weight excluding hydrogens is 465 g/mol. The molecule has 0 saturated carbocycles. The third-order valence-electron chi connectivity index (χ3n) is 6.72. The van der Waals surface area contributed by atoms with Crippen molar-refractivity contribution in [1.29, 1.82) is 0 Å². The number of pyridine rings is 2. The summed E-state index contributed by atoms with van der Waals surface area (Å²) in [6.07, 6.45) is 5.47. The topological polar surface area (TPSA) is 78.9 Å². The zero-order valence-corrected chi connectivity index (χ0v) is 21.0. The number of benzene rings is 2. The van der Waals surface area contributed by atoms with E-state index in [0.717, 1.165) is 53.0 Å². The SMILES string of the molecule is CCc1cnc(NCc2ccc(-c3cnc4c(c3)CCN4)cc2)c(C(=O)N[C@@H](C)c2ccc(F)cc2)c1. The molecule has 4 aromatic rings. The predicted molar refractivity (Wildman–Crippen MR) is 145 cm³/mol. The van der Waals surface area contributed by atoms with Crippen LogP contribution in [-0.4, -0.2) is 22.4 Å². The van der Waals surface area contributed by atoms with E-state index >= 15 is 0 Å². The molecule has 7 heteroatoms. The monoisotopic (exact) mass is 495 g/mol. The van der Waals surface area contributed by atoms with Gasteiger partial charge in [-0.15, -0.1) is 0 Å². The van der Waals surface area contributed by atoms with Crippen molar-refractivity contribution in [3.63, 3.8) is 0 Å². The fraction of sp³-hybridized carbons (Fsp3) is 0.233. The molecule has 0 bridgehead atoms. The number of carbonyl (C=O) groups excluding carboxylic acids is 1. The van der Waals surface area contributed by atoms with Gasteiger partial charge in [0.05, 0.1) is 11.6 Å². The van der Waals surface area contributed by atoms with Crippen LogP contribution in [0.5, 0.6) is 0 Å².